The number of anilines is 1. The Morgan fingerprint density at radius 2 is 1.81 bits per heavy atom. The number of thiophene rings is 1. The number of aromatic carboxylic acids is 1. The number of ether oxygens (including phenoxy) is 1. The number of hydrogen-bond donors (Lipinski definition) is 2. The van der Waals surface area contributed by atoms with E-state index in [4.69, 9.17) is 4.74 Å². The molecule has 0 bridgehead atoms. The minimum Gasteiger partial charge on any atom is -0.483 e. The molecule has 0 aliphatic heterocycles. The molecular weight excluding hydrogens is 362 g/mol. The maximum Gasteiger partial charge on any atom is 0.338 e. The molecule has 0 aliphatic carbocycles. The molecule has 0 saturated carbocycles. The van der Waals surface area contributed by atoms with Crippen molar-refractivity contribution in [3.63, 3.8) is 0 Å². The lowest BCUT2D eigenvalue weighted by atomic mass is 10.1. The van der Waals surface area contributed by atoms with Gasteiger partial charge in [-0.1, -0.05) is 42.5 Å². The van der Waals surface area contributed by atoms with Crippen molar-refractivity contribution in [2.45, 2.75) is 13.8 Å². The zero-order valence-electron chi connectivity index (χ0n) is 15.0. The predicted molar refractivity (Wildman–Crippen MR) is 107 cm³/mol. The van der Waals surface area contributed by atoms with Crippen LogP contribution in [0.25, 0.3) is 10.4 Å². The van der Waals surface area contributed by atoms with Crippen LogP contribution in [0.1, 0.15) is 21.5 Å². The summed E-state index contributed by atoms with van der Waals surface area (Å²) in [6.45, 7) is 3.66. The molecule has 1 aromatic heterocycles. The third-order valence-electron chi connectivity index (χ3n) is 3.98. The zero-order chi connectivity index (χ0) is 19.4. The lowest BCUT2D eigenvalue weighted by Gasteiger charge is -2.10. The number of nitrogens with one attached hydrogen (secondary N) is 1. The van der Waals surface area contributed by atoms with E-state index >= 15 is 0 Å². The molecule has 0 radical (unpaired) electrons. The molecular formula is C21H19NO4S. The fourth-order valence-electron chi connectivity index (χ4n) is 2.56. The van der Waals surface area contributed by atoms with Crippen molar-refractivity contribution >= 4 is 28.2 Å². The van der Waals surface area contributed by atoms with Crippen LogP contribution in [-0.4, -0.2) is 23.6 Å². The maximum atomic E-state index is 12.3. The molecule has 0 unspecified atom stereocenters. The Labute approximate surface area is 161 Å². The van der Waals surface area contributed by atoms with E-state index < -0.39 is 11.9 Å². The summed E-state index contributed by atoms with van der Waals surface area (Å²) < 4.78 is 5.59. The van der Waals surface area contributed by atoms with E-state index in [1.807, 2.05) is 62.4 Å². The molecule has 1 amide bonds. The minimum atomic E-state index is -1.08. The third kappa shape index (κ3) is 4.54. The van der Waals surface area contributed by atoms with Gasteiger partial charge in [0.25, 0.3) is 5.91 Å². The van der Waals surface area contributed by atoms with Crippen molar-refractivity contribution in [3.8, 4) is 16.2 Å². The Balaban J connectivity index is 1.74. The highest BCUT2D eigenvalue weighted by atomic mass is 32.1. The number of carbonyl (C=O) groups is 2. The van der Waals surface area contributed by atoms with Crippen molar-refractivity contribution in [2.24, 2.45) is 0 Å². The van der Waals surface area contributed by atoms with Gasteiger partial charge >= 0.3 is 5.97 Å². The first-order valence-corrected chi connectivity index (χ1v) is 9.18. The number of carbonyl (C=O) groups excluding carboxylic acids is 1. The highest BCUT2D eigenvalue weighted by molar-refractivity contribution is 7.20. The largest absolute Gasteiger partial charge is 0.483 e. The van der Waals surface area contributed by atoms with E-state index in [-0.39, 0.29) is 12.2 Å². The normalized spacial score (nSPS) is 10.4. The van der Waals surface area contributed by atoms with Crippen molar-refractivity contribution in [1.82, 2.24) is 0 Å². The van der Waals surface area contributed by atoms with Gasteiger partial charge in [-0.25, -0.2) is 4.79 Å². The highest BCUT2D eigenvalue weighted by Gasteiger charge is 2.18. The van der Waals surface area contributed by atoms with Crippen molar-refractivity contribution in [3.05, 3.63) is 71.3 Å². The second-order valence-corrected chi connectivity index (χ2v) is 7.18. The summed E-state index contributed by atoms with van der Waals surface area (Å²) in [5.41, 5.74) is 2.94. The van der Waals surface area contributed by atoms with Gasteiger partial charge in [-0.2, -0.15) is 0 Å². The van der Waals surface area contributed by atoms with E-state index in [1.165, 1.54) is 11.3 Å². The van der Waals surface area contributed by atoms with Gasteiger partial charge in [-0.15, -0.1) is 11.3 Å². The van der Waals surface area contributed by atoms with Crippen LogP contribution in [-0.2, 0) is 4.79 Å². The van der Waals surface area contributed by atoms with Crippen molar-refractivity contribution in [2.75, 3.05) is 11.9 Å². The first-order chi connectivity index (χ1) is 12.9. The van der Waals surface area contributed by atoms with Gasteiger partial charge in [-0.3, -0.25) is 4.79 Å². The number of rotatable bonds is 6. The molecule has 5 nitrogen and oxygen atoms in total. The van der Waals surface area contributed by atoms with Crippen LogP contribution < -0.4 is 10.1 Å². The van der Waals surface area contributed by atoms with Crippen LogP contribution >= 0.6 is 11.3 Å². The smallest absolute Gasteiger partial charge is 0.338 e. The van der Waals surface area contributed by atoms with E-state index in [0.29, 0.717) is 10.8 Å². The molecule has 27 heavy (non-hydrogen) atoms. The summed E-state index contributed by atoms with van der Waals surface area (Å²) >= 11 is 1.23. The van der Waals surface area contributed by atoms with Gasteiger partial charge in [0.1, 0.15) is 10.8 Å². The van der Waals surface area contributed by atoms with Crippen molar-refractivity contribution in [1.29, 1.82) is 0 Å². The fraction of sp³-hybridized carbons (Fsp3) is 0.143. The molecule has 0 spiro atoms. The number of benzene rings is 2. The average Bonchev–Trinajstić information content (AvgIpc) is 3.07. The Bertz CT molecular complexity index is 979. The Hall–Kier alpha value is -3.12. The third-order valence-corrected chi connectivity index (χ3v) is 5.08. The quantitative estimate of drug-likeness (QED) is 0.646. The molecule has 3 aromatic rings. The van der Waals surface area contributed by atoms with E-state index in [1.54, 1.807) is 6.07 Å². The summed E-state index contributed by atoms with van der Waals surface area (Å²) in [4.78, 5) is 24.6. The second-order valence-electron chi connectivity index (χ2n) is 6.13. The standard InChI is InChI=1S/C21H19NO4S/c1-13-8-9-14(2)17(10-13)26-12-19(23)22-20-16(21(24)25)11-18(27-20)15-6-4-3-5-7-15/h3-11H,12H2,1-2H3,(H,22,23)(H,24,25). The number of amides is 1. The Morgan fingerprint density at radius 3 is 2.52 bits per heavy atom. The molecule has 0 aliphatic rings. The molecule has 2 aromatic carbocycles. The van der Waals surface area contributed by atoms with E-state index in [2.05, 4.69) is 5.32 Å². The van der Waals surface area contributed by atoms with Gasteiger partial charge in [0.05, 0.1) is 5.56 Å². The van der Waals surface area contributed by atoms with Crippen LogP contribution in [0.15, 0.2) is 54.6 Å². The molecule has 6 heteroatoms. The van der Waals surface area contributed by atoms with E-state index in [0.717, 1.165) is 21.6 Å². The summed E-state index contributed by atoms with van der Waals surface area (Å²) in [6.07, 6.45) is 0. The Morgan fingerprint density at radius 1 is 1.07 bits per heavy atom. The zero-order valence-corrected chi connectivity index (χ0v) is 15.8. The van der Waals surface area contributed by atoms with Gasteiger partial charge in [-0.05, 0) is 42.7 Å². The predicted octanol–water partition coefficient (Wildman–Crippen LogP) is 4.75. The molecule has 138 valence electrons. The molecule has 0 fully saturated rings. The summed E-state index contributed by atoms with van der Waals surface area (Å²) in [7, 11) is 0. The lowest BCUT2D eigenvalue weighted by Crippen LogP contribution is -2.21. The van der Waals surface area contributed by atoms with Gasteiger partial charge < -0.3 is 15.2 Å². The molecule has 2 N–H and O–H groups in total. The van der Waals surface area contributed by atoms with Crippen LogP contribution in [0.4, 0.5) is 5.00 Å². The second kappa shape index (κ2) is 8.05. The van der Waals surface area contributed by atoms with Gasteiger partial charge in [0, 0.05) is 4.88 Å². The molecule has 0 saturated heterocycles. The summed E-state index contributed by atoms with van der Waals surface area (Å²) in [5.74, 6) is -0.848. The maximum absolute atomic E-state index is 12.3. The average molecular weight is 381 g/mol. The topological polar surface area (TPSA) is 75.6 Å². The number of carboxylic acid groups (broad SMARTS) is 1. The van der Waals surface area contributed by atoms with Gasteiger partial charge in [0.2, 0.25) is 0 Å². The van der Waals surface area contributed by atoms with Gasteiger partial charge in [0.15, 0.2) is 6.61 Å². The van der Waals surface area contributed by atoms with Crippen LogP contribution in [0, 0.1) is 13.8 Å². The molecule has 3 rings (SSSR count). The molecule has 1 heterocycles. The highest BCUT2D eigenvalue weighted by Crippen LogP contribution is 2.35. The van der Waals surface area contributed by atoms with Crippen LogP contribution in [0.2, 0.25) is 0 Å². The first kappa shape index (κ1) is 18.7. The van der Waals surface area contributed by atoms with E-state index in [9.17, 15) is 14.7 Å². The monoisotopic (exact) mass is 381 g/mol. The SMILES string of the molecule is Cc1ccc(C)c(OCC(=O)Nc2sc(-c3ccccc3)cc2C(=O)O)c1. The first-order valence-electron chi connectivity index (χ1n) is 8.36. The number of carboxylic acids is 1. The summed E-state index contributed by atoms with van der Waals surface area (Å²) in [6, 6.07) is 16.8. The minimum absolute atomic E-state index is 0.0685. The fourth-order valence-corrected chi connectivity index (χ4v) is 3.63. The number of hydrogen-bond acceptors (Lipinski definition) is 4. The number of aryl methyl sites for hydroxylation is 2. The lowest BCUT2D eigenvalue weighted by molar-refractivity contribution is -0.118. The van der Waals surface area contributed by atoms with Crippen molar-refractivity contribution < 1.29 is 19.4 Å². The van der Waals surface area contributed by atoms with Crippen LogP contribution in [0.3, 0.4) is 0 Å². The Kier molecular flexibility index (Phi) is 5.57. The molecule has 0 atom stereocenters. The summed E-state index contributed by atoms with van der Waals surface area (Å²) in [5, 5.41) is 12.4. The van der Waals surface area contributed by atoms with Crippen LogP contribution in [0.5, 0.6) is 5.75 Å².